The van der Waals surface area contributed by atoms with Gasteiger partial charge in [-0.3, -0.25) is 4.90 Å². The summed E-state index contributed by atoms with van der Waals surface area (Å²) in [5, 5.41) is 0. The van der Waals surface area contributed by atoms with Gasteiger partial charge in [-0.2, -0.15) is 0 Å². The molecular formula is C18H23NO. The number of rotatable bonds is 3. The molecule has 0 aromatic heterocycles. The molecule has 0 aliphatic carbocycles. The number of benzene rings is 1. The molecule has 2 heteroatoms. The predicted molar refractivity (Wildman–Crippen MR) is 82.5 cm³/mol. The van der Waals surface area contributed by atoms with Crippen LogP contribution in [0.1, 0.15) is 25.8 Å². The van der Waals surface area contributed by atoms with Crippen molar-refractivity contribution < 1.29 is 4.74 Å². The number of ether oxygens (including phenoxy) is 1. The van der Waals surface area contributed by atoms with Gasteiger partial charge in [-0.05, 0) is 31.4 Å². The summed E-state index contributed by atoms with van der Waals surface area (Å²) in [6, 6.07) is 11.7. The molecular weight excluding hydrogens is 246 g/mol. The lowest BCUT2D eigenvalue weighted by Gasteiger charge is -2.44. The minimum atomic E-state index is 0.424. The molecule has 0 spiro atoms. The highest BCUT2D eigenvalue weighted by molar-refractivity contribution is 5.29. The van der Waals surface area contributed by atoms with Crippen molar-refractivity contribution in [2.45, 2.75) is 38.9 Å². The highest BCUT2D eigenvalue weighted by Crippen LogP contribution is 2.29. The van der Waals surface area contributed by atoms with Crippen LogP contribution in [0, 0.1) is 0 Å². The van der Waals surface area contributed by atoms with Crippen molar-refractivity contribution >= 4 is 0 Å². The molecule has 3 rings (SSSR count). The van der Waals surface area contributed by atoms with Crippen LogP contribution in [0.25, 0.3) is 0 Å². The summed E-state index contributed by atoms with van der Waals surface area (Å²) in [6.07, 6.45) is 5.82. The number of hydrogen-bond acceptors (Lipinski definition) is 2. The molecule has 20 heavy (non-hydrogen) atoms. The van der Waals surface area contributed by atoms with Gasteiger partial charge in [-0.25, -0.2) is 0 Å². The number of fused-ring (bicyclic) bond motifs is 2. The second-order valence-corrected chi connectivity index (χ2v) is 6.08. The fraction of sp³-hybridized carbons (Fsp3) is 0.444. The van der Waals surface area contributed by atoms with Crippen LogP contribution >= 0.6 is 0 Å². The third-order valence-electron chi connectivity index (χ3n) is 4.05. The number of morpholine rings is 1. The van der Waals surface area contributed by atoms with Gasteiger partial charge in [0.15, 0.2) is 0 Å². The first-order valence-corrected chi connectivity index (χ1v) is 7.45. The van der Waals surface area contributed by atoms with Crippen LogP contribution in [0.15, 0.2) is 53.6 Å². The quantitative estimate of drug-likeness (QED) is 0.832. The van der Waals surface area contributed by atoms with Gasteiger partial charge in [-0.1, -0.05) is 48.1 Å². The van der Waals surface area contributed by atoms with E-state index in [0.29, 0.717) is 12.1 Å². The average Bonchev–Trinajstić information content (AvgIpc) is 2.40. The van der Waals surface area contributed by atoms with Crippen LogP contribution in [0.4, 0.5) is 0 Å². The summed E-state index contributed by atoms with van der Waals surface area (Å²) >= 11 is 0. The minimum Gasteiger partial charge on any atom is -0.378 e. The Morgan fingerprint density at radius 2 is 2.05 bits per heavy atom. The molecule has 1 fully saturated rings. The normalized spacial score (nSPS) is 26.0. The SMILES string of the molecule is CC(C)=CC1=CC2COCC(C1)N2Cc1ccccc1. The molecule has 0 N–H and O–H groups in total. The lowest BCUT2D eigenvalue weighted by Crippen LogP contribution is -2.53. The van der Waals surface area contributed by atoms with Gasteiger partial charge in [-0.15, -0.1) is 0 Å². The lowest BCUT2D eigenvalue weighted by molar-refractivity contribution is -0.0432. The fourth-order valence-electron chi connectivity index (χ4n) is 3.21. The van der Waals surface area contributed by atoms with Crippen molar-refractivity contribution in [1.29, 1.82) is 0 Å². The van der Waals surface area contributed by atoms with E-state index in [9.17, 15) is 0 Å². The van der Waals surface area contributed by atoms with Crippen LogP contribution in [0.3, 0.4) is 0 Å². The molecule has 2 heterocycles. The molecule has 2 atom stereocenters. The molecule has 0 saturated carbocycles. The standard InChI is InChI=1S/C18H23NO/c1-14(2)8-16-9-17-12-20-13-18(10-16)19(17)11-15-6-4-3-5-7-15/h3-9,17-18H,10-13H2,1-2H3. The zero-order valence-corrected chi connectivity index (χ0v) is 12.4. The number of nitrogens with zero attached hydrogens (tertiary/aromatic N) is 1. The van der Waals surface area contributed by atoms with Gasteiger partial charge >= 0.3 is 0 Å². The number of allylic oxidation sites excluding steroid dienone is 2. The minimum absolute atomic E-state index is 0.424. The smallest absolute Gasteiger partial charge is 0.0658 e. The molecule has 0 amide bonds. The van der Waals surface area contributed by atoms with Crippen LogP contribution in [0.2, 0.25) is 0 Å². The fourth-order valence-corrected chi connectivity index (χ4v) is 3.21. The van der Waals surface area contributed by atoms with Crippen LogP contribution in [0.5, 0.6) is 0 Å². The van der Waals surface area contributed by atoms with Crippen molar-refractivity contribution in [3.8, 4) is 0 Å². The summed E-state index contributed by atoms with van der Waals surface area (Å²) in [7, 11) is 0. The van der Waals surface area contributed by atoms with E-state index < -0.39 is 0 Å². The molecule has 2 aliphatic rings. The zero-order valence-electron chi connectivity index (χ0n) is 12.4. The molecule has 2 aliphatic heterocycles. The Morgan fingerprint density at radius 1 is 1.25 bits per heavy atom. The average molecular weight is 269 g/mol. The maximum atomic E-state index is 5.75. The topological polar surface area (TPSA) is 12.5 Å². The molecule has 106 valence electrons. The van der Waals surface area contributed by atoms with E-state index in [1.165, 1.54) is 16.7 Å². The Labute approximate surface area is 121 Å². The van der Waals surface area contributed by atoms with Crippen molar-refractivity contribution in [1.82, 2.24) is 4.90 Å². The van der Waals surface area contributed by atoms with E-state index >= 15 is 0 Å². The van der Waals surface area contributed by atoms with E-state index in [2.05, 4.69) is 61.2 Å². The first-order chi connectivity index (χ1) is 9.72. The number of hydrogen-bond donors (Lipinski definition) is 0. The van der Waals surface area contributed by atoms with Gasteiger partial charge in [0.25, 0.3) is 0 Å². The van der Waals surface area contributed by atoms with Crippen molar-refractivity contribution in [2.75, 3.05) is 13.2 Å². The first kappa shape index (κ1) is 13.6. The monoisotopic (exact) mass is 269 g/mol. The highest BCUT2D eigenvalue weighted by atomic mass is 16.5. The van der Waals surface area contributed by atoms with Gasteiger partial charge in [0.05, 0.1) is 19.3 Å². The summed E-state index contributed by atoms with van der Waals surface area (Å²) < 4.78 is 5.75. The molecule has 2 bridgehead atoms. The Morgan fingerprint density at radius 3 is 2.75 bits per heavy atom. The molecule has 2 unspecified atom stereocenters. The van der Waals surface area contributed by atoms with Gasteiger partial charge in [0.2, 0.25) is 0 Å². The second-order valence-electron chi connectivity index (χ2n) is 6.08. The van der Waals surface area contributed by atoms with E-state index in [-0.39, 0.29) is 0 Å². The Balaban J connectivity index is 1.80. The largest absolute Gasteiger partial charge is 0.378 e. The molecule has 0 radical (unpaired) electrons. The maximum Gasteiger partial charge on any atom is 0.0658 e. The molecule has 2 nitrogen and oxygen atoms in total. The summed E-state index contributed by atoms with van der Waals surface area (Å²) in [5.41, 5.74) is 4.25. The van der Waals surface area contributed by atoms with Crippen LogP contribution in [-0.2, 0) is 11.3 Å². The lowest BCUT2D eigenvalue weighted by atomic mass is 9.92. The Bertz CT molecular complexity index is 513. The predicted octanol–water partition coefficient (Wildman–Crippen LogP) is 3.55. The second kappa shape index (κ2) is 5.94. The van der Waals surface area contributed by atoms with E-state index in [1.54, 1.807) is 0 Å². The Kier molecular flexibility index (Phi) is 4.04. The molecule has 1 aromatic rings. The summed E-state index contributed by atoms with van der Waals surface area (Å²) in [6.45, 7) is 7.05. The van der Waals surface area contributed by atoms with E-state index in [0.717, 1.165) is 26.2 Å². The maximum absolute atomic E-state index is 5.75. The van der Waals surface area contributed by atoms with Crippen molar-refractivity contribution in [2.24, 2.45) is 0 Å². The van der Waals surface area contributed by atoms with Crippen LogP contribution in [-0.4, -0.2) is 30.2 Å². The highest BCUT2D eigenvalue weighted by Gasteiger charge is 2.33. The van der Waals surface area contributed by atoms with E-state index in [1.807, 2.05) is 0 Å². The molecule has 1 saturated heterocycles. The van der Waals surface area contributed by atoms with E-state index in [4.69, 9.17) is 4.74 Å². The first-order valence-electron chi connectivity index (χ1n) is 7.45. The molecule has 1 aromatic carbocycles. The van der Waals surface area contributed by atoms with Gasteiger partial charge in [0.1, 0.15) is 0 Å². The van der Waals surface area contributed by atoms with Crippen molar-refractivity contribution in [3.05, 3.63) is 59.2 Å². The van der Waals surface area contributed by atoms with Crippen molar-refractivity contribution in [3.63, 3.8) is 0 Å². The van der Waals surface area contributed by atoms with Crippen LogP contribution < -0.4 is 0 Å². The summed E-state index contributed by atoms with van der Waals surface area (Å²) in [4.78, 5) is 2.60. The third-order valence-corrected chi connectivity index (χ3v) is 4.05. The third kappa shape index (κ3) is 3.02. The summed E-state index contributed by atoms with van der Waals surface area (Å²) in [5.74, 6) is 0. The van der Waals surface area contributed by atoms with Gasteiger partial charge in [0, 0.05) is 12.6 Å². The van der Waals surface area contributed by atoms with Gasteiger partial charge < -0.3 is 4.74 Å². The Hall–Kier alpha value is -1.38. The zero-order chi connectivity index (χ0) is 13.9.